The van der Waals surface area contributed by atoms with Crippen LogP contribution in [-0.2, 0) is 14.9 Å². The molecule has 116 valence electrons. The molecule has 0 fully saturated rings. The van der Waals surface area contributed by atoms with Gasteiger partial charge >= 0.3 is 5.97 Å². The molecule has 0 radical (unpaired) electrons. The molecule has 0 aliphatic carbocycles. The van der Waals surface area contributed by atoms with Gasteiger partial charge < -0.3 is 14.2 Å². The summed E-state index contributed by atoms with van der Waals surface area (Å²) in [5, 5.41) is 0. The first-order valence-corrected chi connectivity index (χ1v) is 6.94. The molecule has 0 amide bonds. The zero-order valence-corrected chi connectivity index (χ0v) is 13.5. The number of esters is 1. The molecule has 1 atom stereocenters. The topological polar surface area (TPSA) is 44.8 Å². The lowest BCUT2D eigenvalue weighted by molar-refractivity contribution is -0.144. The Bertz CT molecular complexity index is 522. The van der Waals surface area contributed by atoms with Crippen LogP contribution < -0.4 is 9.47 Å². The minimum atomic E-state index is -0.630. The van der Waals surface area contributed by atoms with E-state index < -0.39 is 5.41 Å². The maximum absolute atomic E-state index is 11.9. The predicted molar refractivity (Wildman–Crippen MR) is 83.1 cm³/mol. The fourth-order valence-electron chi connectivity index (χ4n) is 2.42. The summed E-state index contributed by atoms with van der Waals surface area (Å²) in [7, 11) is 3.21. The molecule has 21 heavy (non-hydrogen) atoms. The molecule has 0 spiro atoms. The van der Waals surface area contributed by atoms with Crippen LogP contribution in [0.1, 0.15) is 31.4 Å². The third-order valence-corrected chi connectivity index (χ3v) is 3.58. The Morgan fingerprint density at radius 1 is 1.33 bits per heavy atom. The summed E-state index contributed by atoms with van der Waals surface area (Å²) >= 11 is 0. The quantitative estimate of drug-likeness (QED) is 0.570. The lowest BCUT2D eigenvalue weighted by Gasteiger charge is -2.29. The van der Waals surface area contributed by atoms with Gasteiger partial charge in [-0.3, -0.25) is 4.79 Å². The van der Waals surface area contributed by atoms with Gasteiger partial charge in [0.25, 0.3) is 0 Å². The standard InChI is InChI=1S/C17H24O4/c1-7-17(4,11-14(18)21-8-2)15-13(19-5)10-9-12(3)16(15)20-6/h7,9-10H,1,8,11H2,2-6H3. The Labute approximate surface area is 126 Å². The lowest BCUT2D eigenvalue weighted by atomic mass is 9.78. The van der Waals surface area contributed by atoms with E-state index in [1.807, 2.05) is 26.0 Å². The molecule has 0 heterocycles. The lowest BCUT2D eigenvalue weighted by Crippen LogP contribution is -2.26. The van der Waals surface area contributed by atoms with Crippen LogP contribution in [0.25, 0.3) is 0 Å². The van der Waals surface area contributed by atoms with Crippen LogP contribution in [0.4, 0.5) is 0 Å². The minimum Gasteiger partial charge on any atom is -0.496 e. The van der Waals surface area contributed by atoms with Gasteiger partial charge in [0.05, 0.1) is 27.2 Å². The summed E-state index contributed by atoms with van der Waals surface area (Å²) in [6.07, 6.45) is 1.92. The van der Waals surface area contributed by atoms with Crippen LogP contribution in [0, 0.1) is 6.92 Å². The fourth-order valence-corrected chi connectivity index (χ4v) is 2.42. The van der Waals surface area contributed by atoms with Crippen LogP contribution in [-0.4, -0.2) is 26.8 Å². The van der Waals surface area contributed by atoms with E-state index in [2.05, 4.69) is 6.58 Å². The summed E-state index contributed by atoms with van der Waals surface area (Å²) in [6, 6.07) is 3.80. The summed E-state index contributed by atoms with van der Waals surface area (Å²) in [5.74, 6) is 1.11. The van der Waals surface area contributed by atoms with E-state index in [0.29, 0.717) is 18.1 Å². The Morgan fingerprint density at radius 3 is 2.48 bits per heavy atom. The maximum atomic E-state index is 11.9. The van der Waals surface area contributed by atoms with Gasteiger partial charge in [-0.15, -0.1) is 6.58 Å². The van der Waals surface area contributed by atoms with E-state index in [9.17, 15) is 4.79 Å². The number of carbonyl (C=O) groups excluding carboxylic acids is 1. The summed E-state index contributed by atoms with van der Waals surface area (Å²) in [6.45, 7) is 9.91. The number of allylic oxidation sites excluding steroid dienone is 1. The van der Waals surface area contributed by atoms with Crippen molar-refractivity contribution < 1.29 is 19.0 Å². The second kappa shape index (κ2) is 7.16. The van der Waals surface area contributed by atoms with Gasteiger partial charge in [0, 0.05) is 11.0 Å². The summed E-state index contributed by atoms with van der Waals surface area (Å²) < 4.78 is 16.1. The molecule has 1 unspecified atom stereocenters. The zero-order valence-electron chi connectivity index (χ0n) is 13.5. The molecular formula is C17H24O4. The molecule has 0 bridgehead atoms. The van der Waals surface area contributed by atoms with Gasteiger partial charge in [0.2, 0.25) is 0 Å². The first-order valence-electron chi connectivity index (χ1n) is 6.94. The van der Waals surface area contributed by atoms with Gasteiger partial charge in [0.1, 0.15) is 11.5 Å². The number of benzene rings is 1. The fraction of sp³-hybridized carbons (Fsp3) is 0.471. The van der Waals surface area contributed by atoms with Crippen molar-refractivity contribution in [1.29, 1.82) is 0 Å². The Kier molecular flexibility index (Phi) is 5.82. The van der Waals surface area contributed by atoms with Gasteiger partial charge in [-0.2, -0.15) is 0 Å². The molecule has 0 aliphatic heterocycles. The zero-order chi connectivity index (χ0) is 16.0. The van der Waals surface area contributed by atoms with Crippen LogP contribution in [0.15, 0.2) is 24.8 Å². The van der Waals surface area contributed by atoms with E-state index in [0.717, 1.165) is 11.1 Å². The van der Waals surface area contributed by atoms with E-state index in [-0.39, 0.29) is 12.4 Å². The van der Waals surface area contributed by atoms with E-state index >= 15 is 0 Å². The second-order valence-corrected chi connectivity index (χ2v) is 5.10. The SMILES string of the molecule is C=CC(C)(CC(=O)OCC)c1c(OC)ccc(C)c1OC. The number of methoxy groups -OCH3 is 2. The monoisotopic (exact) mass is 292 g/mol. The van der Waals surface area contributed by atoms with Crippen molar-refractivity contribution in [2.24, 2.45) is 0 Å². The van der Waals surface area contributed by atoms with E-state index in [1.54, 1.807) is 27.2 Å². The van der Waals surface area contributed by atoms with Crippen molar-refractivity contribution in [3.8, 4) is 11.5 Å². The molecule has 0 saturated carbocycles. The molecule has 0 aliphatic rings. The van der Waals surface area contributed by atoms with Crippen molar-refractivity contribution in [1.82, 2.24) is 0 Å². The van der Waals surface area contributed by atoms with Gasteiger partial charge in [-0.1, -0.05) is 19.1 Å². The van der Waals surface area contributed by atoms with Crippen LogP contribution in [0.5, 0.6) is 11.5 Å². The highest BCUT2D eigenvalue weighted by molar-refractivity contribution is 5.73. The summed E-state index contributed by atoms with van der Waals surface area (Å²) in [4.78, 5) is 11.9. The highest BCUT2D eigenvalue weighted by atomic mass is 16.5. The first kappa shape index (κ1) is 17.1. The van der Waals surface area contributed by atoms with Gasteiger partial charge in [0.15, 0.2) is 0 Å². The highest BCUT2D eigenvalue weighted by Gasteiger charge is 2.34. The minimum absolute atomic E-state index is 0.181. The molecule has 1 aromatic carbocycles. The molecular weight excluding hydrogens is 268 g/mol. The Hall–Kier alpha value is -1.97. The van der Waals surface area contributed by atoms with Crippen molar-refractivity contribution in [3.63, 3.8) is 0 Å². The Balaban J connectivity index is 3.41. The smallest absolute Gasteiger partial charge is 0.306 e. The van der Waals surface area contributed by atoms with Gasteiger partial charge in [-0.25, -0.2) is 0 Å². The number of carbonyl (C=O) groups is 1. The number of ether oxygens (including phenoxy) is 3. The average Bonchev–Trinajstić information content (AvgIpc) is 2.46. The van der Waals surface area contributed by atoms with Crippen molar-refractivity contribution in [2.75, 3.05) is 20.8 Å². The van der Waals surface area contributed by atoms with Gasteiger partial charge in [-0.05, 0) is 25.5 Å². The molecule has 4 heteroatoms. The molecule has 0 saturated heterocycles. The number of rotatable bonds is 7. The van der Waals surface area contributed by atoms with Crippen LogP contribution in [0.2, 0.25) is 0 Å². The molecule has 1 aromatic rings. The molecule has 0 aromatic heterocycles. The van der Waals surface area contributed by atoms with Crippen molar-refractivity contribution in [2.45, 2.75) is 32.6 Å². The van der Waals surface area contributed by atoms with Crippen molar-refractivity contribution >= 4 is 5.97 Å². The average molecular weight is 292 g/mol. The maximum Gasteiger partial charge on any atom is 0.306 e. The second-order valence-electron chi connectivity index (χ2n) is 5.10. The normalized spacial score (nSPS) is 13.2. The van der Waals surface area contributed by atoms with E-state index in [4.69, 9.17) is 14.2 Å². The first-order chi connectivity index (χ1) is 9.93. The largest absolute Gasteiger partial charge is 0.496 e. The number of aryl methyl sites for hydroxylation is 1. The van der Waals surface area contributed by atoms with Crippen molar-refractivity contribution in [3.05, 3.63) is 35.9 Å². The molecule has 0 N–H and O–H groups in total. The number of hydrogen-bond donors (Lipinski definition) is 0. The molecule has 4 nitrogen and oxygen atoms in total. The van der Waals surface area contributed by atoms with Crippen LogP contribution >= 0.6 is 0 Å². The number of hydrogen-bond acceptors (Lipinski definition) is 4. The third-order valence-electron chi connectivity index (χ3n) is 3.58. The molecule has 1 rings (SSSR count). The summed E-state index contributed by atoms with van der Waals surface area (Å²) in [5.41, 5.74) is 1.16. The van der Waals surface area contributed by atoms with Crippen LogP contribution in [0.3, 0.4) is 0 Å². The Morgan fingerprint density at radius 2 is 2.00 bits per heavy atom. The predicted octanol–water partition coefficient (Wildman–Crippen LogP) is 3.41. The van der Waals surface area contributed by atoms with E-state index in [1.165, 1.54) is 0 Å². The highest BCUT2D eigenvalue weighted by Crippen LogP contribution is 2.43. The third kappa shape index (κ3) is 3.57.